The lowest BCUT2D eigenvalue weighted by molar-refractivity contribution is 0.410. The zero-order valence-electron chi connectivity index (χ0n) is 14.5. The number of aliphatic imine (C=N–C) groups is 1. The van der Waals surface area contributed by atoms with Crippen molar-refractivity contribution in [3.05, 3.63) is 58.6 Å². The van der Waals surface area contributed by atoms with E-state index in [2.05, 4.69) is 10.3 Å². The highest BCUT2D eigenvalue weighted by Crippen LogP contribution is 2.22. The molecule has 0 spiro atoms. The van der Waals surface area contributed by atoms with Crippen molar-refractivity contribution in [3.63, 3.8) is 0 Å². The summed E-state index contributed by atoms with van der Waals surface area (Å²) in [4.78, 5) is 6.25. The number of nitrogens with one attached hydrogen (secondary N) is 1. The minimum Gasteiger partial charge on any atom is -0.508 e. The molecular weight excluding hydrogens is 453 g/mol. The zero-order valence-corrected chi connectivity index (χ0v) is 17.6. The Bertz CT molecular complexity index is 725. The minimum atomic E-state index is 0. The Hall–Kier alpha value is -1.67. The van der Waals surface area contributed by atoms with Crippen LogP contribution in [0.1, 0.15) is 11.1 Å². The molecule has 0 atom stereocenters. The van der Waals surface area contributed by atoms with Crippen LogP contribution in [0.5, 0.6) is 11.5 Å². The SMILES string of the molecule is CN=C(NCc1cc(OC)ccc1O)N(C)Cc1ccccc1Cl.I. The second-order valence-electron chi connectivity index (χ2n) is 5.34. The van der Waals surface area contributed by atoms with E-state index in [1.54, 1.807) is 32.4 Å². The number of rotatable bonds is 5. The summed E-state index contributed by atoms with van der Waals surface area (Å²) in [6.07, 6.45) is 0. The molecule has 2 aromatic rings. The van der Waals surface area contributed by atoms with Gasteiger partial charge in [-0.05, 0) is 29.8 Å². The van der Waals surface area contributed by atoms with Crippen LogP contribution >= 0.6 is 35.6 Å². The highest BCUT2D eigenvalue weighted by molar-refractivity contribution is 14.0. The lowest BCUT2D eigenvalue weighted by Crippen LogP contribution is -2.38. The molecular formula is C18H23ClIN3O2. The average molecular weight is 476 g/mol. The molecule has 0 bridgehead atoms. The van der Waals surface area contributed by atoms with Crippen molar-refractivity contribution in [1.82, 2.24) is 10.2 Å². The van der Waals surface area contributed by atoms with Crippen LogP contribution in [-0.4, -0.2) is 37.2 Å². The molecule has 25 heavy (non-hydrogen) atoms. The van der Waals surface area contributed by atoms with Gasteiger partial charge >= 0.3 is 0 Å². The Balaban J connectivity index is 0.00000312. The largest absolute Gasteiger partial charge is 0.508 e. The number of benzene rings is 2. The molecule has 2 rings (SSSR count). The molecule has 0 fully saturated rings. The highest BCUT2D eigenvalue weighted by atomic mass is 127. The smallest absolute Gasteiger partial charge is 0.193 e. The topological polar surface area (TPSA) is 57.1 Å². The first-order valence-corrected chi connectivity index (χ1v) is 7.94. The van der Waals surface area contributed by atoms with Gasteiger partial charge in [-0.2, -0.15) is 0 Å². The normalized spacial score (nSPS) is 10.8. The van der Waals surface area contributed by atoms with Gasteiger partial charge in [0.2, 0.25) is 0 Å². The first-order valence-electron chi connectivity index (χ1n) is 7.56. The van der Waals surface area contributed by atoms with Gasteiger partial charge in [0.1, 0.15) is 11.5 Å². The maximum absolute atomic E-state index is 9.96. The van der Waals surface area contributed by atoms with Crippen molar-refractivity contribution in [1.29, 1.82) is 0 Å². The fourth-order valence-electron chi connectivity index (χ4n) is 2.35. The number of methoxy groups -OCH3 is 1. The van der Waals surface area contributed by atoms with Crippen molar-refractivity contribution in [3.8, 4) is 11.5 Å². The van der Waals surface area contributed by atoms with E-state index in [9.17, 15) is 5.11 Å². The van der Waals surface area contributed by atoms with Gasteiger partial charge in [0.25, 0.3) is 0 Å². The quantitative estimate of drug-likeness (QED) is 0.391. The van der Waals surface area contributed by atoms with Gasteiger partial charge in [-0.1, -0.05) is 29.8 Å². The van der Waals surface area contributed by atoms with Crippen molar-refractivity contribution < 1.29 is 9.84 Å². The summed E-state index contributed by atoms with van der Waals surface area (Å²) < 4.78 is 5.19. The predicted octanol–water partition coefficient (Wildman–Crippen LogP) is 3.88. The molecule has 136 valence electrons. The number of halogens is 2. The van der Waals surface area contributed by atoms with Crippen LogP contribution in [0.15, 0.2) is 47.5 Å². The molecule has 5 nitrogen and oxygen atoms in total. The van der Waals surface area contributed by atoms with Crippen LogP contribution in [0.3, 0.4) is 0 Å². The van der Waals surface area contributed by atoms with Crippen molar-refractivity contribution in [2.75, 3.05) is 21.2 Å². The van der Waals surface area contributed by atoms with Crippen molar-refractivity contribution >= 4 is 41.5 Å². The van der Waals surface area contributed by atoms with Gasteiger partial charge in [0.05, 0.1) is 7.11 Å². The zero-order chi connectivity index (χ0) is 17.5. The van der Waals surface area contributed by atoms with E-state index < -0.39 is 0 Å². The first kappa shape index (κ1) is 21.4. The Morgan fingerprint density at radius 1 is 1.24 bits per heavy atom. The molecule has 0 aliphatic rings. The van der Waals surface area contributed by atoms with Crippen molar-refractivity contribution in [2.24, 2.45) is 4.99 Å². The Morgan fingerprint density at radius 2 is 1.96 bits per heavy atom. The number of nitrogens with zero attached hydrogens (tertiary/aromatic N) is 2. The van der Waals surface area contributed by atoms with E-state index in [-0.39, 0.29) is 29.7 Å². The molecule has 2 aromatic carbocycles. The van der Waals surface area contributed by atoms with E-state index in [0.29, 0.717) is 24.8 Å². The van der Waals surface area contributed by atoms with Gasteiger partial charge in [-0.25, -0.2) is 0 Å². The van der Waals surface area contributed by atoms with E-state index in [4.69, 9.17) is 16.3 Å². The average Bonchev–Trinajstić information content (AvgIpc) is 2.59. The van der Waals surface area contributed by atoms with Crippen LogP contribution in [0.25, 0.3) is 0 Å². The van der Waals surface area contributed by atoms with Gasteiger partial charge in [-0.3, -0.25) is 4.99 Å². The fourth-order valence-corrected chi connectivity index (χ4v) is 2.54. The molecule has 0 saturated carbocycles. The first-order chi connectivity index (χ1) is 11.5. The van der Waals surface area contributed by atoms with Gasteiger partial charge in [0, 0.05) is 37.8 Å². The van der Waals surface area contributed by atoms with Crippen LogP contribution in [-0.2, 0) is 13.1 Å². The monoisotopic (exact) mass is 475 g/mol. The fraction of sp³-hybridized carbons (Fsp3) is 0.278. The standard InChI is InChI=1S/C18H22ClN3O2.HI/c1-20-18(22(2)12-13-6-4-5-7-16(13)19)21-11-14-10-15(24-3)8-9-17(14)23;/h4-10,23H,11-12H2,1-3H3,(H,20,21);1H. The maximum atomic E-state index is 9.96. The molecule has 0 aliphatic heterocycles. The summed E-state index contributed by atoms with van der Waals surface area (Å²) in [5, 5.41) is 13.9. The summed E-state index contributed by atoms with van der Waals surface area (Å²) in [7, 11) is 5.25. The van der Waals surface area contributed by atoms with Crippen LogP contribution in [0, 0.1) is 0 Å². The van der Waals surface area contributed by atoms with Gasteiger partial charge < -0.3 is 20.1 Å². The Morgan fingerprint density at radius 3 is 2.60 bits per heavy atom. The third kappa shape index (κ3) is 5.97. The molecule has 0 unspecified atom stereocenters. The van der Waals surface area contributed by atoms with Crippen molar-refractivity contribution in [2.45, 2.75) is 13.1 Å². The summed E-state index contributed by atoms with van der Waals surface area (Å²) in [5.41, 5.74) is 1.76. The van der Waals surface area contributed by atoms with E-state index in [1.165, 1.54) is 0 Å². The number of hydrogen-bond donors (Lipinski definition) is 2. The van der Waals surface area contributed by atoms with E-state index in [0.717, 1.165) is 16.1 Å². The summed E-state index contributed by atoms with van der Waals surface area (Å²) >= 11 is 6.21. The lowest BCUT2D eigenvalue weighted by Gasteiger charge is -2.23. The molecule has 0 saturated heterocycles. The van der Waals surface area contributed by atoms with Gasteiger partial charge in [-0.15, -0.1) is 24.0 Å². The Kier molecular flexibility index (Phi) is 8.85. The van der Waals surface area contributed by atoms with Crippen LogP contribution in [0.2, 0.25) is 5.02 Å². The van der Waals surface area contributed by atoms with E-state index >= 15 is 0 Å². The number of hydrogen-bond acceptors (Lipinski definition) is 3. The molecule has 0 radical (unpaired) electrons. The second kappa shape index (κ2) is 10.4. The Labute approximate surface area is 170 Å². The summed E-state index contributed by atoms with van der Waals surface area (Å²) in [5.74, 6) is 1.62. The van der Waals surface area contributed by atoms with Crippen LogP contribution in [0.4, 0.5) is 0 Å². The molecule has 0 amide bonds. The molecule has 0 heterocycles. The molecule has 2 N–H and O–H groups in total. The maximum Gasteiger partial charge on any atom is 0.193 e. The molecule has 7 heteroatoms. The second-order valence-corrected chi connectivity index (χ2v) is 5.75. The number of phenolic OH excluding ortho intramolecular Hbond substituents is 1. The number of guanidine groups is 1. The third-order valence-electron chi connectivity index (χ3n) is 3.66. The number of phenols is 1. The summed E-state index contributed by atoms with van der Waals surface area (Å²) in [6, 6.07) is 12.9. The summed E-state index contributed by atoms with van der Waals surface area (Å²) in [6.45, 7) is 1.06. The minimum absolute atomic E-state index is 0. The van der Waals surface area contributed by atoms with Gasteiger partial charge in [0.15, 0.2) is 5.96 Å². The predicted molar refractivity (Wildman–Crippen MR) is 113 cm³/mol. The number of aromatic hydroxyl groups is 1. The lowest BCUT2D eigenvalue weighted by atomic mass is 10.2. The molecule has 0 aliphatic carbocycles. The van der Waals surface area contributed by atoms with Crippen LogP contribution < -0.4 is 10.1 Å². The molecule has 0 aromatic heterocycles. The van der Waals surface area contributed by atoms with E-state index in [1.807, 2.05) is 36.2 Å². The number of ether oxygens (including phenoxy) is 1. The third-order valence-corrected chi connectivity index (χ3v) is 4.03. The highest BCUT2D eigenvalue weighted by Gasteiger charge is 2.10.